The Kier molecular flexibility index (Phi) is 8.15. The van der Waals surface area contributed by atoms with Crippen molar-refractivity contribution >= 4 is 0 Å². The Hall–Kier alpha value is 0. The molecule has 0 saturated heterocycles. The molecule has 0 N–H and O–H groups in total. The van der Waals surface area contributed by atoms with E-state index in [0.29, 0.717) is 5.41 Å². The van der Waals surface area contributed by atoms with Crippen LogP contribution in [0.5, 0.6) is 0 Å². The second-order valence-corrected chi connectivity index (χ2v) is 9.28. The van der Waals surface area contributed by atoms with E-state index in [9.17, 15) is 0 Å². The van der Waals surface area contributed by atoms with Crippen molar-refractivity contribution < 1.29 is 0 Å². The third-order valence-corrected chi connectivity index (χ3v) is 8.32. The van der Waals surface area contributed by atoms with Crippen LogP contribution in [0, 0.1) is 46.8 Å². The summed E-state index contributed by atoms with van der Waals surface area (Å²) in [6.07, 6.45) is 8.35. The van der Waals surface area contributed by atoms with E-state index < -0.39 is 0 Å². The summed E-state index contributed by atoms with van der Waals surface area (Å²) in [6.45, 7) is 22.3. The molecule has 1 aliphatic carbocycles. The van der Waals surface area contributed by atoms with Crippen molar-refractivity contribution in [3.63, 3.8) is 0 Å². The third kappa shape index (κ3) is 4.16. The molecule has 1 aliphatic rings. The fourth-order valence-corrected chi connectivity index (χ4v) is 5.93. The Morgan fingerprint density at radius 1 is 0.913 bits per heavy atom. The van der Waals surface area contributed by atoms with Gasteiger partial charge < -0.3 is 0 Å². The van der Waals surface area contributed by atoms with Crippen LogP contribution in [0.25, 0.3) is 0 Å². The Labute approximate surface area is 148 Å². The Morgan fingerprint density at radius 3 is 1.96 bits per heavy atom. The zero-order chi connectivity index (χ0) is 17.8. The molecular weight excluding hydrogens is 276 g/mol. The molecule has 0 heterocycles. The van der Waals surface area contributed by atoms with Crippen LogP contribution in [0.15, 0.2) is 0 Å². The van der Waals surface area contributed by atoms with Crippen LogP contribution in [0.1, 0.15) is 101 Å². The van der Waals surface area contributed by atoms with Crippen LogP contribution in [-0.2, 0) is 0 Å². The molecule has 0 aromatic rings. The van der Waals surface area contributed by atoms with Gasteiger partial charge in [-0.2, -0.15) is 0 Å². The van der Waals surface area contributed by atoms with Crippen LogP contribution in [-0.4, -0.2) is 0 Å². The average Bonchev–Trinajstić information content (AvgIpc) is 2.55. The molecule has 8 unspecified atom stereocenters. The second kappa shape index (κ2) is 8.91. The van der Waals surface area contributed by atoms with Crippen molar-refractivity contribution in [1.29, 1.82) is 0 Å². The highest BCUT2D eigenvalue weighted by Gasteiger charge is 2.57. The highest BCUT2D eigenvalue weighted by Crippen LogP contribution is 2.63. The van der Waals surface area contributed by atoms with E-state index in [1.165, 1.54) is 38.5 Å². The largest absolute Gasteiger partial charge is 0.0654 e. The van der Waals surface area contributed by atoms with Crippen LogP contribution < -0.4 is 0 Å². The standard InChI is InChI=1S/C23H46/c1-10-14-20(13-4)21-15-23(9,22(21)17(6)12-3)19(8)18(7)16(5)11-2/h16-22H,10-15H2,1-9H3. The zero-order valence-corrected chi connectivity index (χ0v) is 17.8. The maximum absolute atomic E-state index is 2.64. The van der Waals surface area contributed by atoms with E-state index in [-0.39, 0.29) is 0 Å². The van der Waals surface area contributed by atoms with Gasteiger partial charge >= 0.3 is 0 Å². The molecule has 0 heteroatoms. The summed E-state index contributed by atoms with van der Waals surface area (Å²) in [5, 5.41) is 0. The highest BCUT2D eigenvalue weighted by atomic mass is 14.6. The molecule has 0 aromatic carbocycles. The number of hydrogen-bond acceptors (Lipinski definition) is 0. The lowest BCUT2D eigenvalue weighted by atomic mass is 9.42. The summed E-state index contributed by atoms with van der Waals surface area (Å²) in [5.41, 5.74) is 0.574. The summed E-state index contributed by atoms with van der Waals surface area (Å²) in [6, 6.07) is 0. The predicted molar refractivity (Wildman–Crippen MR) is 106 cm³/mol. The molecule has 0 amide bonds. The Balaban J connectivity index is 2.97. The van der Waals surface area contributed by atoms with E-state index in [1.54, 1.807) is 0 Å². The van der Waals surface area contributed by atoms with Crippen LogP contribution in [0.3, 0.4) is 0 Å². The summed E-state index contributed by atoms with van der Waals surface area (Å²) in [5.74, 6) is 6.36. The van der Waals surface area contributed by atoms with E-state index in [0.717, 1.165) is 41.4 Å². The van der Waals surface area contributed by atoms with Gasteiger partial charge in [0.1, 0.15) is 0 Å². The molecular formula is C23H46. The van der Waals surface area contributed by atoms with Crippen LogP contribution >= 0.6 is 0 Å². The van der Waals surface area contributed by atoms with Gasteiger partial charge in [0.25, 0.3) is 0 Å². The monoisotopic (exact) mass is 322 g/mol. The van der Waals surface area contributed by atoms with Crippen LogP contribution in [0.2, 0.25) is 0 Å². The van der Waals surface area contributed by atoms with Gasteiger partial charge in [0.2, 0.25) is 0 Å². The minimum atomic E-state index is 0.574. The van der Waals surface area contributed by atoms with E-state index >= 15 is 0 Å². The first kappa shape index (κ1) is 21.0. The van der Waals surface area contributed by atoms with Gasteiger partial charge in [0, 0.05) is 0 Å². The van der Waals surface area contributed by atoms with Gasteiger partial charge in [0.15, 0.2) is 0 Å². The maximum Gasteiger partial charge on any atom is -0.0261 e. The Bertz CT molecular complexity index is 333. The molecule has 8 atom stereocenters. The van der Waals surface area contributed by atoms with Crippen molar-refractivity contribution in [2.45, 2.75) is 101 Å². The fourth-order valence-electron chi connectivity index (χ4n) is 5.93. The molecule has 0 spiro atoms. The summed E-state index contributed by atoms with van der Waals surface area (Å²) >= 11 is 0. The van der Waals surface area contributed by atoms with Gasteiger partial charge in [-0.25, -0.2) is 0 Å². The van der Waals surface area contributed by atoms with E-state index in [2.05, 4.69) is 62.3 Å². The van der Waals surface area contributed by atoms with E-state index in [1.807, 2.05) is 0 Å². The van der Waals surface area contributed by atoms with Gasteiger partial charge in [-0.3, -0.25) is 0 Å². The molecule has 0 bridgehead atoms. The molecule has 1 rings (SSSR count). The first-order valence-electron chi connectivity index (χ1n) is 10.8. The van der Waals surface area contributed by atoms with Crippen molar-refractivity contribution in [2.24, 2.45) is 46.8 Å². The van der Waals surface area contributed by atoms with E-state index in [4.69, 9.17) is 0 Å². The second-order valence-electron chi connectivity index (χ2n) is 9.28. The van der Waals surface area contributed by atoms with Crippen molar-refractivity contribution in [1.82, 2.24) is 0 Å². The number of hydrogen-bond donors (Lipinski definition) is 0. The minimum absolute atomic E-state index is 0.574. The molecule has 138 valence electrons. The van der Waals surface area contributed by atoms with Crippen molar-refractivity contribution in [2.75, 3.05) is 0 Å². The number of rotatable bonds is 10. The third-order valence-electron chi connectivity index (χ3n) is 8.32. The molecule has 0 radical (unpaired) electrons. The molecule has 0 nitrogen and oxygen atoms in total. The fraction of sp³-hybridized carbons (Fsp3) is 1.00. The first-order valence-corrected chi connectivity index (χ1v) is 10.8. The quantitative estimate of drug-likeness (QED) is 0.384. The van der Waals surface area contributed by atoms with Crippen molar-refractivity contribution in [3.8, 4) is 0 Å². The maximum atomic E-state index is 2.64. The van der Waals surface area contributed by atoms with Gasteiger partial charge in [-0.05, 0) is 53.3 Å². The lowest BCUT2D eigenvalue weighted by Gasteiger charge is -2.63. The minimum Gasteiger partial charge on any atom is -0.0654 e. The van der Waals surface area contributed by atoms with Crippen molar-refractivity contribution in [3.05, 3.63) is 0 Å². The SMILES string of the molecule is CCCC(CC)C1CC(C)(C(C)C(C)C(C)CC)C1C(C)CC. The van der Waals surface area contributed by atoms with Gasteiger partial charge in [-0.15, -0.1) is 0 Å². The molecule has 1 fully saturated rings. The lowest BCUT2D eigenvalue weighted by Crippen LogP contribution is -2.56. The highest BCUT2D eigenvalue weighted by molar-refractivity contribution is 5.05. The first-order chi connectivity index (χ1) is 10.8. The molecule has 0 aromatic heterocycles. The van der Waals surface area contributed by atoms with Gasteiger partial charge in [0.05, 0.1) is 0 Å². The molecule has 0 aliphatic heterocycles. The normalized spacial score (nSPS) is 34.3. The summed E-state index contributed by atoms with van der Waals surface area (Å²) in [4.78, 5) is 0. The topological polar surface area (TPSA) is 0 Å². The lowest BCUT2D eigenvalue weighted by molar-refractivity contribution is -0.142. The Morgan fingerprint density at radius 2 is 1.52 bits per heavy atom. The average molecular weight is 323 g/mol. The summed E-state index contributed by atoms with van der Waals surface area (Å²) < 4.78 is 0. The predicted octanol–water partition coefficient (Wildman–Crippen LogP) is 7.82. The summed E-state index contributed by atoms with van der Waals surface area (Å²) in [7, 11) is 0. The van der Waals surface area contributed by atoms with Gasteiger partial charge in [-0.1, -0.05) is 94.4 Å². The zero-order valence-electron chi connectivity index (χ0n) is 17.8. The van der Waals surface area contributed by atoms with Crippen LogP contribution in [0.4, 0.5) is 0 Å². The smallest absolute Gasteiger partial charge is 0.0261 e. The molecule has 1 saturated carbocycles. The molecule has 23 heavy (non-hydrogen) atoms.